The fourth-order valence-electron chi connectivity index (χ4n) is 3.44. The van der Waals surface area contributed by atoms with E-state index in [0.717, 1.165) is 58.5 Å². The first kappa shape index (κ1) is 15.7. The van der Waals surface area contributed by atoms with Gasteiger partial charge in [0.1, 0.15) is 0 Å². The highest BCUT2D eigenvalue weighted by Crippen LogP contribution is 2.36. The Morgan fingerprint density at radius 2 is 1.67 bits per heavy atom. The molecule has 1 aromatic carbocycles. The van der Waals surface area contributed by atoms with Crippen LogP contribution < -0.4 is 5.73 Å². The van der Waals surface area contributed by atoms with E-state index in [4.69, 9.17) is 10.3 Å². The second-order valence-electron chi connectivity index (χ2n) is 7.06. The zero-order valence-corrected chi connectivity index (χ0v) is 14.0. The highest BCUT2D eigenvalue weighted by molar-refractivity contribution is 5.14. The molecule has 2 fully saturated rings. The van der Waals surface area contributed by atoms with Crippen molar-refractivity contribution >= 4 is 0 Å². The summed E-state index contributed by atoms with van der Waals surface area (Å²) in [7, 11) is 0. The van der Waals surface area contributed by atoms with Gasteiger partial charge >= 0.3 is 0 Å². The maximum atomic E-state index is 6.26. The van der Waals surface area contributed by atoms with Gasteiger partial charge in [0.25, 0.3) is 0 Å². The number of aromatic nitrogens is 2. The minimum atomic E-state index is -0.337. The fourth-order valence-corrected chi connectivity index (χ4v) is 3.44. The van der Waals surface area contributed by atoms with Gasteiger partial charge in [-0.1, -0.05) is 35.5 Å². The molecule has 1 aliphatic heterocycles. The van der Waals surface area contributed by atoms with Crippen LogP contribution in [-0.2, 0) is 18.6 Å². The van der Waals surface area contributed by atoms with Gasteiger partial charge in [-0.15, -0.1) is 0 Å². The normalized spacial score (nSPS) is 21.5. The van der Waals surface area contributed by atoms with E-state index in [1.165, 1.54) is 5.56 Å². The van der Waals surface area contributed by atoms with Crippen LogP contribution in [-0.4, -0.2) is 46.1 Å². The Morgan fingerprint density at radius 3 is 2.29 bits per heavy atom. The molecule has 0 spiro atoms. The van der Waals surface area contributed by atoms with Crippen LogP contribution >= 0.6 is 0 Å². The fraction of sp³-hybridized carbons (Fsp3) is 0.556. The number of hydrogen-bond donors (Lipinski definition) is 1. The minimum absolute atomic E-state index is 0.337. The SMILES string of the molecule is NC1(c2noc(CN3CCN(Cc4ccccc4)CC3)n2)CCC1. The van der Waals surface area contributed by atoms with E-state index in [0.29, 0.717) is 11.7 Å². The van der Waals surface area contributed by atoms with Gasteiger partial charge in [0.15, 0.2) is 5.82 Å². The predicted octanol–water partition coefficient (Wildman–Crippen LogP) is 1.73. The van der Waals surface area contributed by atoms with Crippen LogP contribution in [0.25, 0.3) is 0 Å². The first-order valence-corrected chi connectivity index (χ1v) is 8.82. The molecule has 2 aliphatic rings. The molecule has 1 saturated heterocycles. The van der Waals surface area contributed by atoms with Crippen LogP contribution in [0.2, 0.25) is 0 Å². The Labute approximate surface area is 142 Å². The molecule has 0 bridgehead atoms. The molecule has 1 aromatic heterocycles. The largest absolute Gasteiger partial charge is 0.338 e. The summed E-state index contributed by atoms with van der Waals surface area (Å²) in [6.45, 7) is 5.93. The van der Waals surface area contributed by atoms with Crippen molar-refractivity contribution in [3.05, 3.63) is 47.6 Å². The van der Waals surface area contributed by atoms with Crippen LogP contribution in [0.1, 0.15) is 36.5 Å². The number of nitrogens with zero attached hydrogens (tertiary/aromatic N) is 4. The number of nitrogens with two attached hydrogens (primary N) is 1. The second kappa shape index (κ2) is 6.63. The lowest BCUT2D eigenvalue weighted by Gasteiger charge is -2.34. The zero-order chi connectivity index (χ0) is 16.4. The van der Waals surface area contributed by atoms with Crippen molar-refractivity contribution in [3.8, 4) is 0 Å². The van der Waals surface area contributed by atoms with E-state index in [1.807, 2.05) is 0 Å². The molecule has 0 amide bonds. The predicted molar refractivity (Wildman–Crippen MR) is 91.0 cm³/mol. The highest BCUT2D eigenvalue weighted by Gasteiger charge is 2.39. The van der Waals surface area contributed by atoms with Crippen LogP contribution in [0.15, 0.2) is 34.9 Å². The van der Waals surface area contributed by atoms with Gasteiger partial charge in [-0.2, -0.15) is 4.98 Å². The van der Waals surface area contributed by atoms with Crippen molar-refractivity contribution in [2.75, 3.05) is 26.2 Å². The molecular weight excluding hydrogens is 302 g/mol. The third kappa shape index (κ3) is 3.36. The lowest BCUT2D eigenvalue weighted by atomic mass is 9.77. The summed E-state index contributed by atoms with van der Waals surface area (Å²) in [6, 6.07) is 10.6. The Hall–Kier alpha value is -1.76. The molecule has 0 atom stereocenters. The molecule has 6 nitrogen and oxygen atoms in total. The highest BCUT2D eigenvalue weighted by atomic mass is 16.5. The van der Waals surface area contributed by atoms with Crippen LogP contribution in [0.5, 0.6) is 0 Å². The van der Waals surface area contributed by atoms with Gasteiger partial charge in [-0.25, -0.2) is 0 Å². The molecule has 6 heteroatoms. The van der Waals surface area contributed by atoms with Crippen molar-refractivity contribution in [1.29, 1.82) is 0 Å². The number of rotatable bonds is 5. The third-order valence-electron chi connectivity index (χ3n) is 5.23. The van der Waals surface area contributed by atoms with Gasteiger partial charge in [0, 0.05) is 32.7 Å². The Bertz CT molecular complexity index is 659. The van der Waals surface area contributed by atoms with Crippen molar-refractivity contribution in [1.82, 2.24) is 19.9 Å². The average Bonchev–Trinajstić information content (AvgIpc) is 3.04. The number of benzene rings is 1. The summed E-state index contributed by atoms with van der Waals surface area (Å²) in [6.07, 6.45) is 3.08. The summed E-state index contributed by atoms with van der Waals surface area (Å²) in [5.74, 6) is 1.38. The topological polar surface area (TPSA) is 71.4 Å². The van der Waals surface area contributed by atoms with E-state index in [-0.39, 0.29) is 5.54 Å². The third-order valence-corrected chi connectivity index (χ3v) is 5.23. The first-order valence-electron chi connectivity index (χ1n) is 8.82. The van der Waals surface area contributed by atoms with E-state index >= 15 is 0 Å². The van der Waals surface area contributed by atoms with Crippen molar-refractivity contribution < 1.29 is 4.52 Å². The lowest BCUT2D eigenvalue weighted by molar-refractivity contribution is 0.112. The zero-order valence-electron chi connectivity index (χ0n) is 14.0. The van der Waals surface area contributed by atoms with Crippen LogP contribution in [0.4, 0.5) is 0 Å². The number of piperazine rings is 1. The summed E-state index contributed by atoms with van der Waals surface area (Å²) >= 11 is 0. The molecule has 2 N–H and O–H groups in total. The maximum absolute atomic E-state index is 6.26. The Balaban J connectivity index is 1.27. The van der Waals surface area contributed by atoms with Gasteiger partial charge in [0.2, 0.25) is 5.89 Å². The van der Waals surface area contributed by atoms with Gasteiger partial charge in [-0.05, 0) is 24.8 Å². The van der Waals surface area contributed by atoms with E-state index in [9.17, 15) is 0 Å². The van der Waals surface area contributed by atoms with Gasteiger partial charge < -0.3 is 10.3 Å². The molecule has 0 unspecified atom stereocenters. The lowest BCUT2D eigenvalue weighted by Crippen LogP contribution is -2.45. The van der Waals surface area contributed by atoms with Crippen LogP contribution in [0.3, 0.4) is 0 Å². The number of hydrogen-bond acceptors (Lipinski definition) is 6. The monoisotopic (exact) mass is 327 g/mol. The quantitative estimate of drug-likeness (QED) is 0.902. The summed E-state index contributed by atoms with van der Waals surface area (Å²) < 4.78 is 5.42. The summed E-state index contributed by atoms with van der Waals surface area (Å²) in [5.41, 5.74) is 7.30. The average molecular weight is 327 g/mol. The van der Waals surface area contributed by atoms with Crippen molar-refractivity contribution in [3.63, 3.8) is 0 Å². The maximum Gasteiger partial charge on any atom is 0.240 e. The molecule has 2 aromatic rings. The molecule has 24 heavy (non-hydrogen) atoms. The van der Waals surface area contributed by atoms with Crippen molar-refractivity contribution in [2.45, 2.75) is 37.9 Å². The smallest absolute Gasteiger partial charge is 0.240 e. The molecule has 0 radical (unpaired) electrons. The molecule has 1 aliphatic carbocycles. The molecule has 1 saturated carbocycles. The van der Waals surface area contributed by atoms with E-state index < -0.39 is 0 Å². The standard InChI is InChI=1S/C18H25N5O/c19-18(7-4-8-18)17-20-16(24-21-17)14-23-11-9-22(10-12-23)13-15-5-2-1-3-6-15/h1-3,5-6H,4,7-14,19H2. The van der Waals surface area contributed by atoms with E-state index in [1.54, 1.807) is 0 Å². The first-order chi connectivity index (χ1) is 11.7. The van der Waals surface area contributed by atoms with Gasteiger partial charge in [-0.3, -0.25) is 9.80 Å². The molecule has 4 rings (SSSR count). The summed E-state index contributed by atoms with van der Waals surface area (Å²) in [4.78, 5) is 9.40. The Morgan fingerprint density at radius 1 is 1.00 bits per heavy atom. The second-order valence-corrected chi connectivity index (χ2v) is 7.06. The molecular formula is C18H25N5O. The molecule has 2 heterocycles. The van der Waals surface area contributed by atoms with Gasteiger partial charge in [0.05, 0.1) is 12.1 Å². The minimum Gasteiger partial charge on any atom is -0.338 e. The van der Waals surface area contributed by atoms with E-state index in [2.05, 4.69) is 50.3 Å². The summed E-state index contributed by atoms with van der Waals surface area (Å²) in [5, 5.41) is 4.10. The van der Waals surface area contributed by atoms with Crippen molar-refractivity contribution in [2.24, 2.45) is 5.73 Å². The molecule has 128 valence electrons. The van der Waals surface area contributed by atoms with Crippen LogP contribution in [0, 0.1) is 0 Å². The Kier molecular flexibility index (Phi) is 4.35.